The number of nitrogens with zero attached hydrogens (tertiary/aromatic N) is 2. The van der Waals surface area contributed by atoms with E-state index in [1.54, 1.807) is 0 Å². The number of pyridine rings is 1. The van der Waals surface area contributed by atoms with Gasteiger partial charge < -0.3 is 10.7 Å². The third-order valence-electron chi connectivity index (χ3n) is 3.34. The summed E-state index contributed by atoms with van der Waals surface area (Å²) in [6.07, 6.45) is -4.68. The van der Waals surface area contributed by atoms with Crippen molar-refractivity contribution >= 4 is 16.9 Å². The van der Waals surface area contributed by atoms with Crippen molar-refractivity contribution < 1.29 is 17.6 Å². The zero-order valence-electron chi connectivity index (χ0n) is 11.5. The van der Waals surface area contributed by atoms with Crippen LogP contribution < -0.4 is 11.4 Å². The molecule has 3 rings (SSSR count). The van der Waals surface area contributed by atoms with E-state index in [9.17, 15) is 22.4 Å². The number of nitrogen functional groups attached to an aromatic ring is 1. The first kappa shape index (κ1) is 15.1. The minimum absolute atomic E-state index is 0.0147. The summed E-state index contributed by atoms with van der Waals surface area (Å²) in [4.78, 5) is 17.6. The second kappa shape index (κ2) is 5.11. The average molecular weight is 326 g/mol. The third kappa shape index (κ3) is 2.77. The lowest BCUT2D eigenvalue weighted by Crippen LogP contribution is -2.17. The summed E-state index contributed by atoms with van der Waals surface area (Å²) < 4.78 is 52.5. The van der Waals surface area contributed by atoms with Crippen LogP contribution >= 0.6 is 0 Å². The van der Waals surface area contributed by atoms with E-state index in [4.69, 9.17) is 5.73 Å². The minimum Gasteiger partial charge on any atom is -0.382 e. The number of H-pyrrole nitrogens is 1. The van der Waals surface area contributed by atoms with Gasteiger partial charge in [-0.15, -0.1) is 0 Å². The Morgan fingerprint density at radius 1 is 1.22 bits per heavy atom. The van der Waals surface area contributed by atoms with Gasteiger partial charge in [0.2, 0.25) is 0 Å². The third-order valence-corrected chi connectivity index (χ3v) is 3.34. The molecule has 0 bridgehead atoms. The molecule has 3 aromatic rings. The van der Waals surface area contributed by atoms with Gasteiger partial charge >= 0.3 is 11.9 Å². The van der Waals surface area contributed by atoms with Crippen LogP contribution in [0.1, 0.15) is 11.3 Å². The van der Waals surface area contributed by atoms with Gasteiger partial charge in [-0.2, -0.15) is 13.2 Å². The minimum atomic E-state index is -4.68. The molecule has 120 valence electrons. The summed E-state index contributed by atoms with van der Waals surface area (Å²) >= 11 is 0. The molecule has 9 heteroatoms. The molecule has 5 nitrogen and oxygen atoms in total. The van der Waals surface area contributed by atoms with Crippen molar-refractivity contribution in [3.8, 4) is 0 Å². The Bertz CT molecular complexity index is 925. The van der Waals surface area contributed by atoms with Crippen molar-refractivity contribution in [1.82, 2.24) is 14.5 Å². The number of alkyl halides is 3. The fraction of sp³-hybridized carbons (Fsp3) is 0.143. The molecule has 0 aliphatic heterocycles. The summed E-state index contributed by atoms with van der Waals surface area (Å²) in [7, 11) is 0. The van der Waals surface area contributed by atoms with Crippen molar-refractivity contribution in [2.45, 2.75) is 12.7 Å². The molecule has 0 saturated carbocycles. The summed E-state index contributed by atoms with van der Waals surface area (Å²) in [6, 6.07) is 6.04. The lowest BCUT2D eigenvalue weighted by Gasteiger charge is -2.09. The van der Waals surface area contributed by atoms with E-state index in [0.717, 1.165) is 10.6 Å². The van der Waals surface area contributed by atoms with Crippen molar-refractivity contribution in [3.05, 3.63) is 57.9 Å². The van der Waals surface area contributed by atoms with E-state index in [-0.39, 0.29) is 17.6 Å². The zero-order valence-corrected chi connectivity index (χ0v) is 11.5. The maximum absolute atomic E-state index is 12.9. The van der Waals surface area contributed by atoms with E-state index in [1.165, 1.54) is 24.3 Å². The predicted octanol–water partition coefficient (Wildman–Crippen LogP) is 2.51. The van der Waals surface area contributed by atoms with Gasteiger partial charge in [-0.05, 0) is 23.8 Å². The second-order valence-corrected chi connectivity index (χ2v) is 4.93. The number of rotatable bonds is 2. The van der Waals surface area contributed by atoms with Gasteiger partial charge in [0.05, 0.1) is 12.1 Å². The normalized spacial score (nSPS) is 12.0. The number of fused-ring (bicyclic) bond motifs is 1. The number of benzene rings is 1. The van der Waals surface area contributed by atoms with E-state index in [2.05, 4.69) is 9.97 Å². The molecule has 0 aliphatic carbocycles. The lowest BCUT2D eigenvalue weighted by atomic mass is 10.2. The molecule has 0 spiro atoms. The highest BCUT2D eigenvalue weighted by atomic mass is 19.4. The molecule has 0 amide bonds. The van der Waals surface area contributed by atoms with Crippen LogP contribution in [0, 0.1) is 5.82 Å². The summed E-state index contributed by atoms with van der Waals surface area (Å²) in [6.45, 7) is -0.0279. The molecule has 0 aliphatic rings. The lowest BCUT2D eigenvalue weighted by molar-refractivity contribution is -0.141. The van der Waals surface area contributed by atoms with Crippen LogP contribution in [0.5, 0.6) is 0 Å². The summed E-state index contributed by atoms with van der Waals surface area (Å²) in [5.74, 6) is -0.863. The van der Waals surface area contributed by atoms with Crippen LogP contribution in [0.3, 0.4) is 0 Å². The van der Waals surface area contributed by atoms with E-state index >= 15 is 0 Å². The van der Waals surface area contributed by atoms with Crippen LogP contribution in [0.4, 0.5) is 23.4 Å². The van der Waals surface area contributed by atoms with Crippen molar-refractivity contribution in [2.75, 3.05) is 5.73 Å². The van der Waals surface area contributed by atoms with Crippen LogP contribution in [0.25, 0.3) is 11.0 Å². The van der Waals surface area contributed by atoms with Crippen LogP contribution in [-0.4, -0.2) is 14.5 Å². The quantitative estimate of drug-likeness (QED) is 0.711. The highest BCUT2D eigenvalue weighted by Crippen LogP contribution is 2.31. The molecule has 0 unspecified atom stereocenters. The summed E-state index contributed by atoms with van der Waals surface area (Å²) in [5.41, 5.74) is 4.26. The molecule has 0 saturated heterocycles. The van der Waals surface area contributed by atoms with Gasteiger partial charge in [0, 0.05) is 0 Å². The number of halogens is 4. The Labute approximate surface area is 126 Å². The van der Waals surface area contributed by atoms with E-state index in [0.29, 0.717) is 5.56 Å². The number of aromatic amines is 1. The number of aromatic nitrogens is 3. The van der Waals surface area contributed by atoms with E-state index < -0.39 is 29.2 Å². The molecular weight excluding hydrogens is 316 g/mol. The van der Waals surface area contributed by atoms with Crippen LogP contribution in [0.15, 0.2) is 35.1 Å². The Kier molecular flexibility index (Phi) is 3.35. The van der Waals surface area contributed by atoms with Crippen molar-refractivity contribution in [2.24, 2.45) is 0 Å². The number of imidazole rings is 1. The standard InChI is InChI=1S/C14H10F4N4O/c15-8-3-1-7(2-4-8)6-22-9-5-10(14(16,17)18)20-12(19)11(9)21-13(22)23/h1-5H,6H2,(H2,19,20)(H,21,23). The maximum atomic E-state index is 12.9. The van der Waals surface area contributed by atoms with Gasteiger partial charge in [0.15, 0.2) is 0 Å². The first-order valence-corrected chi connectivity index (χ1v) is 6.46. The van der Waals surface area contributed by atoms with Crippen LogP contribution in [0.2, 0.25) is 0 Å². The highest BCUT2D eigenvalue weighted by molar-refractivity contribution is 5.85. The van der Waals surface area contributed by atoms with Crippen molar-refractivity contribution in [3.63, 3.8) is 0 Å². The molecule has 2 heterocycles. The number of anilines is 1. The molecule has 2 aromatic heterocycles. The molecule has 3 N–H and O–H groups in total. The van der Waals surface area contributed by atoms with Gasteiger partial charge in [-0.1, -0.05) is 12.1 Å². The summed E-state index contributed by atoms with van der Waals surface area (Å²) in [5, 5.41) is 0. The molecule has 0 radical (unpaired) electrons. The largest absolute Gasteiger partial charge is 0.433 e. The Morgan fingerprint density at radius 2 is 1.87 bits per heavy atom. The number of hydrogen-bond donors (Lipinski definition) is 2. The molecule has 0 fully saturated rings. The van der Waals surface area contributed by atoms with Crippen molar-refractivity contribution in [1.29, 1.82) is 0 Å². The van der Waals surface area contributed by atoms with E-state index in [1.807, 2.05) is 0 Å². The zero-order chi connectivity index (χ0) is 16.8. The predicted molar refractivity (Wildman–Crippen MR) is 75.3 cm³/mol. The Hall–Kier alpha value is -2.84. The molecule has 0 atom stereocenters. The Balaban J connectivity index is 2.16. The molecular formula is C14H10F4N4O. The smallest absolute Gasteiger partial charge is 0.382 e. The number of nitrogens with one attached hydrogen (secondary N) is 1. The SMILES string of the molecule is Nc1nc(C(F)(F)F)cc2c1[nH]c(=O)n2Cc1ccc(F)cc1. The van der Waals surface area contributed by atoms with Gasteiger partial charge in [0.25, 0.3) is 0 Å². The fourth-order valence-electron chi connectivity index (χ4n) is 2.25. The fourth-order valence-corrected chi connectivity index (χ4v) is 2.25. The van der Waals surface area contributed by atoms with Gasteiger partial charge in [-0.25, -0.2) is 14.2 Å². The van der Waals surface area contributed by atoms with Gasteiger partial charge in [0.1, 0.15) is 22.8 Å². The molecule has 1 aromatic carbocycles. The molecule has 23 heavy (non-hydrogen) atoms. The second-order valence-electron chi connectivity index (χ2n) is 4.93. The highest BCUT2D eigenvalue weighted by Gasteiger charge is 2.34. The average Bonchev–Trinajstić information content (AvgIpc) is 2.78. The monoisotopic (exact) mass is 326 g/mol. The first-order valence-electron chi connectivity index (χ1n) is 6.46. The number of nitrogens with two attached hydrogens (primary N) is 1. The van der Waals surface area contributed by atoms with Gasteiger partial charge in [-0.3, -0.25) is 4.57 Å². The van der Waals surface area contributed by atoms with Crippen LogP contribution in [-0.2, 0) is 12.7 Å². The Morgan fingerprint density at radius 3 is 2.48 bits per heavy atom. The first-order chi connectivity index (χ1) is 10.8. The topological polar surface area (TPSA) is 76.7 Å². The maximum Gasteiger partial charge on any atom is 0.433 e. The number of hydrogen-bond acceptors (Lipinski definition) is 3.